The van der Waals surface area contributed by atoms with Gasteiger partial charge in [-0.3, -0.25) is 9.11 Å². The molecule has 2 N–H and O–H groups in total. The zero-order valence-electron chi connectivity index (χ0n) is 8.42. The molecule has 0 unspecified atom stereocenters. The standard InChI is InChI=1S/C7H13NO2.H2O4S/c1-2-7-3-9-5-8(7)6-10-4-7;1-5(2,3)4/h2-6H2,1H3;(H2,1,2,3,4). The van der Waals surface area contributed by atoms with Gasteiger partial charge < -0.3 is 9.47 Å². The van der Waals surface area contributed by atoms with Gasteiger partial charge in [0.25, 0.3) is 0 Å². The summed E-state index contributed by atoms with van der Waals surface area (Å²) in [6.45, 7) is 5.41. The van der Waals surface area contributed by atoms with E-state index < -0.39 is 10.4 Å². The van der Waals surface area contributed by atoms with E-state index in [-0.39, 0.29) is 5.54 Å². The summed E-state index contributed by atoms with van der Waals surface area (Å²) in [5.41, 5.74) is 0.236. The molecule has 2 heterocycles. The van der Waals surface area contributed by atoms with Crippen molar-refractivity contribution in [3.8, 4) is 0 Å². The minimum absolute atomic E-state index is 0.236. The third-order valence-electron chi connectivity index (χ3n) is 2.56. The monoisotopic (exact) mass is 241 g/mol. The first kappa shape index (κ1) is 12.8. The van der Waals surface area contributed by atoms with Crippen LogP contribution < -0.4 is 0 Å². The van der Waals surface area contributed by atoms with Crippen LogP contribution in [0.15, 0.2) is 0 Å². The Kier molecular flexibility index (Phi) is 4.04. The lowest BCUT2D eigenvalue weighted by Crippen LogP contribution is -2.42. The largest absolute Gasteiger partial charge is 0.394 e. The first-order valence-corrected chi connectivity index (χ1v) is 5.87. The molecule has 8 heteroatoms. The Morgan fingerprint density at radius 3 is 1.93 bits per heavy atom. The van der Waals surface area contributed by atoms with E-state index in [1.54, 1.807) is 0 Å². The van der Waals surface area contributed by atoms with Crippen molar-refractivity contribution < 1.29 is 27.0 Å². The van der Waals surface area contributed by atoms with E-state index in [0.717, 1.165) is 33.1 Å². The molecule has 0 aromatic heterocycles. The number of fused-ring (bicyclic) bond motifs is 1. The fraction of sp³-hybridized carbons (Fsp3) is 1.00. The summed E-state index contributed by atoms with van der Waals surface area (Å²) in [7, 11) is -4.67. The molecule has 0 aliphatic carbocycles. The SMILES string of the molecule is CCC12COCN1COC2.O=S(=O)(O)O. The van der Waals surface area contributed by atoms with E-state index in [4.69, 9.17) is 27.0 Å². The minimum Gasteiger partial charge on any atom is -0.364 e. The zero-order chi connectivity index (χ0) is 11.5. The number of nitrogens with zero attached hydrogens (tertiary/aromatic N) is 1. The molecular formula is C7H15NO6S. The molecule has 0 radical (unpaired) electrons. The number of ether oxygens (including phenoxy) is 2. The maximum Gasteiger partial charge on any atom is 0.394 e. The molecule has 7 nitrogen and oxygen atoms in total. The van der Waals surface area contributed by atoms with Crippen LogP contribution >= 0.6 is 0 Å². The van der Waals surface area contributed by atoms with E-state index >= 15 is 0 Å². The first-order valence-electron chi connectivity index (χ1n) is 4.48. The molecule has 2 aliphatic rings. The van der Waals surface area contributed by atoms with Crippen LogP contribution in [-0.2, 0) is 19.9 Å². The number of rotatable bonds is 1. The Bertz CT molecular complexity index is 285. The van der Waals surface area contributed by atoms with Gasteiger partial charge in [0, 0.05) is 0 Å². The maximum atomic E-state index is 8.74. The molecule has 0 aromatic rings. The summed E-state index contributed by atoms with van der Waals surface area (Å²) < 4.78 is 42.3. The average molecular weight is 241 g/mol. The Hall–Kier alpha value is -0.250. The lowest BCUT2D eigenvalue weighted by molar-refractivity contribution is 0.0695. The van der Waals surface area contributed by atoms with Crippen LogP contribution in [-0.4, -0.2) is 54.6 Å². The lowest BCUT2D eigenvalue weighted by atomic mass is 9.99. The van der Waals surface area contributed by atoms with E-state index in [2.05, 4.69) is 11.8 Å². The summed E-state index contributed by atoms with van der Waals surface area (Å²) in [5, 5.41) is 0. The van der Waals surface area contributed by atoms with Gasteiger partial charge >= 0.3 is 10.4 Å². The summed E-state index contributed by atoms with van der Waals surface area (Å²) in [4.78, 5) is 2.27. The number of hydrogen-bond acceptors (Lipinski definition) is 5. The van der Waals surface area contributed by atoms with Crippen LogP contribution in [0.2, 0.25) is 0 Å². The predicted molar refractivity (Wildman–Crippen MR) is 50.7 cm³/mol. The minimum atomic E-state index is -4.67. The summed E-state index contributed by atoms with van der Waals surface area (Å²) in [6.07, 6.45) is 1.13. The van der Waals surface area contributed by atoms with Gasteiger partial charge in [0.15, 0.2) is 0 Å². The fourth-order valence-corrected chi connectivity index (χ4v) is 1.65. The van der Waals surface area contributed by atoms with Crippen molar-refractivity contribution in [1.82, 2.24) is 4.90 Å². The molecule has 2 saturated heterocycles. The normalized spacial score (nSPS) is 24.5. The highest BCUT2D eigenvalue weighted by atomic mass is 32.3. The molecule has 2 aliphatic heterocycles. The van der Waals surface area contributed by atoms with Crippen molar-refractivity contribution in [2.24, 2.45) is 0 Å². The topological polar surface area (TPSA) is 96.3 Å². The van der Waals surface area contributed by atoms with Gasteiger partial charge in [0.05, 0.1) is 18.8 Å². The van der Waals surface area contributed by atoms with Gasteiger partial charge in [-0.05, 0) is 6.42 Å². The van der Waals surface area contributed by atoms with Crippen LogP contribution in [0.25, 0.3) is 0 Å². The second kappa shape index (κ2) is 4.73. The summed E-state index contributed by atoms with van der Waals surface area (Å²) >= 11 is 0. The van der Waals surface area contributed by atoms with Gasteiger partial charge in [-0.1, -0.05) is 6.92 Å². The van der Waals surface area contributed by atoms with Crippen LogP contribution in [0.4, 0.5) is 0 Å². The molecule has 2 rings (SSSR count). The third kappa shape index (κ3) is 3.67. The third-order valence-corrected chi connectivity index (χ3v) is 2.56. The van der Waals surface area contributed by atoms with E-state index in [0.29, 0.717) is 0 Å². The van der Waals surface area contributed by atoms with Crippen LogP contribution in [0, 0.1) is 0 Å². The van der Waals surface area contributed by atoms with Gasteiger partial charge in [0.1, 0.15) is 13.5 Å². The van der Waals surface area contributed by atoms with Gasteiger partial charge in [-0.25, -0.2) is 4.90 Å². The molecule has 0 saturated carbocycles. The number of hydrogen-bond donors (Lipinski definition) is 2. The van der Waals surface area contributed by atoms with Crippen LogP contribution in [0.5, 0.6) is 0 Å². The van der Waals surface area contributed by atoms with Crippen LogP contribution in [0.1, 0.15) is 13.3 Å². The van der Waals surface area contributed by atoms with Crippen molar-refractivity contribution in [1.29, 1.82) is 0 Å². The highest BCUT2D eigenvalue weighted by Gasteiger charge is 2.44. The Labute approximate surface area is 88.5 Å². The second-order valence-corrected chi connectivity index (χ2v) is 4.42. The van der Waals surface area contributed by atoms with Crippen molar-refractivity contribution in [2.45, 2.75) is 18.9 Å². The van der Waals surface area contributed by atoms with E-state index in [9.17, 15) is 0 Å². The van der Waals surface area contributed by atoms with E-state index in [1.807, 2.05) is 0 Å². The van der Waals surface area contributed by atoms with Crippen molar-refractivity contribution >= 4 is 10.4 Å². The van der Waals surface area contributed by atoms with Gasteiger partial charge in [-0.15, -0.1) is 0 Å². The predicted octanol–water partition coefficient (Wildman–Crippen LogP) is -0.240. The Morgan fingerprint density at radius 1 is 1.27 bits per heavy atom. The molecule has 0 aromatic carbocycles. The smallest absolute Gasteiger partial charge is 0.364 e. The highest BCUT2D eigenvalue weighted by molar-refractivity contribution is 7.79. The second-order valence-electron chi connectivity index (χ2n) is 3.52. The highest BCUT2D eigenvalue weighted by Crippen LogP contribution is 2.30. The molecular weight excluding hydrogens is 226 g/mol. The summed E-state index contributed by atoms with van der Waals surface area (Å²) in [6, 6.07) is 0. The molecule has 15 heavy (non-hydrogen) atoms. The maximum absolute atomic E-state index is 8.74. The van der Waals surface area contributed by atoms with E-state index in [1.165, 1.54) is 0 Å². The first-order chi connectivity index (χ1) is 6.87. The van der Waals surface area contributed by atoms with Crippen LogP contribution in [0.3, 0.4) is 0 Å². The van der Waals surface area contributed by atoms with Crippen molar-refractivity contribution in [3.63, 3.8) is 0 Å². The zero-order valence-corrected chi connectivity index (χ0v) is 9.23. The van der Waals surface area contributed by atoms with Crippen molar-refractivity contribution in [3.05, 3.63) is 0 Å². The molecule has 0 bridgehead atoms. The molecule has 0 amide bonds. The Morgan fingerprint density at radius 2 is 1.67 bits per heavy atom. The molecule has 90 valence electrons. The van der Waals surface area contributed by atoms with Gasteiger partial charge in [0.2, 0.25) is 0 Å². The lowest BCUT2D eigenvalue weighted by Gasteiger charge is -2.24. The molecule has 0 atom stereocenters. The quantitative estimate of drug-likeness (QED) is 0.611. The summed E-state index contributed by atoms with van der Waals surface area (Å²) in [5.74, 6) is 0. The molecule has 2 fully saturated rings. The van der Waals surface area contributed by atoms with Crippen molar-refractivity contribution in [2.75, 3.05) is 26.7 Å². The van der Waals surface area contributed by atoms with Gasteiger partial charge in [-0.2, -0.15) is 8.42 Å². The molecule has 0 spiro atoms. The average Bonchev–Trinajstić information content (AvgIpc) is 2.57. The Balaban J connectivity index is 0.000000195. The fourth-order valence-electron chi connectivity index (χ4n) is 1.65.